The third kappa shape index (κ3) is 2.71. The Balaban J connectivity index is 2.10. The van der Waals surface area contributed by atoms with E-state index in [4.69, 9.17) is 11.6 Å². The Labute approximate surface area is 103 Å². The van der Waals surface area contributed by atoms with Crippen molar-refractivity contribution >= 4 is 29.2 Å². The molecule has 0 bridgehead atoms. The summed E-state index contributed by atoms with van der Waals surface area (Å²) in [4.78, 5) is 30.4. The molecule has 7 heteroatoms. The predicted octanol–water partition coefficient (Wildman–Crippen LogP) is 0.432. The zero-order valence-corrected chi connectivity index (χ0v) is 9.70. The maximum absolute atomic E-state index is 11.5. The van der Waals surface area contributed by atoms with Crippen LogP contribution in [0.5, 0.6) is 0 Å². The Bertz CT molecular complexity index is 452. The summed E-state index contributed by atoms with van der Waals surface area (Å²) < 4.78 is 0. The molecule has 2 rings (SSSR count). The van der Waals surface area contributed by atoms with Crippen LogP contribution >= 0.6 is 11.6 Å². The van der Waals surface area contributed by atoms with Crippen LogP contribution in [0.15, 0.2) is 12.5 Å². The van der Waals surface area contributed by atoms with E-state index in [1.54, 1.807) is 6.20 Å². The maximum Gasteiger partial charge on any atom is 0.249 e. The Hall–Kier alpha value is -1.69. The van der Waals surface area contributed by atoms with Gasteiger partial charge in [-0.3, -0.25) is 14.9 Å². The molecule has 1 atom stereocenters. The molecule has 1 fully saturated rings. The van der Waals surface area contributed by atoms with E-state index in [0.29, 0.717) is 18.7 Å². The number of hydrogen-bond donors (Lipinski definition) is 2. The van der Waals surface area contributed by atoms with Crippen molar-refractivity contribution in [2.24, 2.45) is 0 Å². The number of carbonyl (C=O) groups excluding carboxylic acids is 2. The molecule has 2 N–H and O–H groups in total. The number of carbonyl (C=O) groups is 2. The van der Waals surface area contributed by atoms with Crippen molar-refractivity contribution in [3.8, 4) is 0 Å². The van der Waals surface area contributed by atoms with Gasteiger partial charge in [0.15, 0.2) is 0 Å². The minimum atomic E-state index is -0.454. The molecule has 1 unspecified atom stereocenters. The topological polar surface area (TPSA) is 84.0 Å². The summed E-state index contributed by atoms with van der Waals surface area (Å²) in [6, 6.07) is -0.454. The van der Waals surface area contributed by atoms with Crippen LogP contribution in [0.25, 0.3) is 0 Å². The Morgan fingerprint density at radius 1 is 1.53 bits per heavy atom. The van der Waals surface area contributed by atoms with E-state index in [9.17, 15) is 9.59 Å². The van der Waals surface area contributed by atoms with Crippen molar-refractivity contribution in [2.45, 2.75) is 24.8 Å². The van der Waals surface area contributed by atoms with Gasteiger partial charge in [-0.1, -0.05) is 0 Å². The minimum Gasteiger partial charge on any atom is -0.358 e. The van der Waals surface area contributed by atoms with Crippen LogP contribution < -0.4 is 10.6 Å². The largest absolute Gasteiger partial charge is 0.358 e. The van der Waals surface area contributed by atoms with Crippen molar-refractivity contribution in [3.05, 3.63) is 18.1 Å². The second-order valence-corrected chi connectivity index (χ2v) is 3.95. The number of amides is 2. The predicted molar refractivity (Wildman–Crippen MR) is 61.4 cm³/mol. The third-order valence-corrected chi connectivity index (χ3v) is 2.77. The second-order valence-electron chi connectivity index (χ2n) is 3.68. The molecular formula is C10H11ClN4O2. The normalized spacial score (nSPS) is 19.9. The average Bonchev–Trinajstić information content (AvgIpc) is 2.33. The molecule has 1 aliphatic heterocycles. The number of halogens is 1. The molecule has 1 aromatic rings. The molecule has 0 aliphatic carbocycles. The van der Waals surface area contributed by atoms with Crippen LogP contribution in [-0.4, -0.2) is 27.8 Å². The number of alkyl halides is 1. The Kier molecular flexibility index (Phi) is 3.53. The van der Waals surface area contributed by atoms with Crippen LogP contribution in [0, 0.1) is 0 Å². The Morgan fingerprint density at radius 3 is 3.06 bits per heavy atom. The SMILES string of the molecule is O=C1CCC(Nc2ncncc2CCl)C(=O)N1. The minimum absolute atomic E-state index is 0.242. The molecule has 0 radical (unpaired) electrons. The summed E-state index contributed by atoms with van der Waals surface area (Å²) in [6.45, 7) is 0. The van der Waals surface area contributed by atoms with Crippen molar-refractivity contribution < 1.29 is 9.59 Å². The average molecular weight is 255 g/mol. The number of anilines is 1. The summed E-state index contributed by atoms with van der Waals surface area (Å²) >= 11 is 5.73. The number of rotatable bonds is 3. The van der Waals surface area contributed by atoms with Crippen LogP contribution in [-0.2, 0) is 15.5 Å². The van der Waals surface area contributed by atoms with Gasteiger partial charge >= 0.3 is 0 Å². The highest BCUT2D eigenvalue weighted by atomic mass is 35.5. The van der Waals surface area contributed by atoms with E-state index < -0.39 is 6.04 Å². The molecule has 90 valence electrons. The quantitative estimate of drug-likeness (QED) is 0.604. The fraction of sp³-hybridized carbons (Fsp3) is 0.400. The molecule has 1 saturated heterocycles. The first-order chi connectivity index (χ1) is 8.20. The molecule has 1 aliphatic rings. The van der Waals surface area contributed by atoms with Gasteiger partial charge in [-0.25, -0.2) is 9.97 Å². The van der Waals surface area contributed by atoms with Gasteiger partial charge in [0, 0.05) is 18.2 Å². The van der Waals surface area contributed by atoms with Gasteiger partial charge in [-0.2, -0.15) is 0 Å². The molecule has 2 amide bonds. The molecule has 1 aromatic heterocycles. The highest BCUT2D eigenvalue weighted by Gasteiger charge is 2.27. The van der Waals surface area contributed by atoms with Crippen molar-refractivity contribution in [3.63, 3.8) is 0 Å². The molecule has 2 heterocycles. The van der Waals surface area contributed by atoms with Gasteiger partial charge in [0.2, 0.25) is 11.8 Å². The summed E-state index contributed by atoms with van der Waals surface area (Å²) in [6.07, 6.45) is 3.75. The number of aromatic nitrogens is 2. The van der Waals surface area contributed by atoms with E-state index in [2.05, 4.69) is 20.6 Å². The summed E-state index contributed by atoms with van der Waals surface area (Å²) in [7, 11) is 0. The van der Waals surface area contributed by atoms with Gasteiger partial charge < -0.3 is 5.32 Å². The first-order valence-corrected chi connectivity index (χ1v) is 5.69. The zero-order chi connectivity index (χ0) is 12.3. The monoisotopic (exact) mass is 254 g/mol. The molecule has 0 spiro atoms. The smallest absolute Gasteiger partial charge is 0.249 e. The van der Waals surface area contributed by atoms with E-state index in [-0.39, 0.29) is 17.7 Å². The van der Waals surface area contributed by atoms with Crippen LogP contribution in [0.2, 0.25) is 0 Å². The standard InChI is InChI=1S/C10H11ClN4O2/c11-3-6-4-12-5-13-9(6)14-7-1-2-8(16)15-10(7)17/h4-5,7H,1-3H2,(H,12,13,14)(H,15,16,17). The zero-order valence-electron chi connectivity index (χ0n) is 8.94. The van der Waals surface area contributed by atoms with E-state index in [0.717, 1.165) is 5.56 Å². The highest BCUT2D eigenvalue weighted by Crippen LogP contribution is 2.16. The van der Waals surface area contributed by atoms with Gasteiger partial charge in [-0.05, 0) is 6.42 Å². The third-order valence-electron chi connectivity index (χ3n) is 2.48. The van der Waals surface area contributed by atoms with Crippen molar-refractivity contribution in [2.75, 3.05) is 5.32 Å². The fourth-order valence-electron chi connectivity index (χ4n) is 1.58. The molecular weight excluding hydrogens is 244 g/mol. The maximum atomic E-state index is 11.5. The number of nitrogens with one attached hydrogen (secondary N) is 2. The van der Waals surface area contributed by atoms with Crippen LogP contribution in [0.4, 0.5) is 5.82 Å². The van der Waals surface area contributed by atoms with Gasteiger partial charge in [0.1, 0.15) is 18.2 Å². The summed E-state index contributed by atoms with van der Waals surface area (Å²) in [5.41, 5.74) is 0.721. The fourth-order valence-corrected chi connectivity index (χ4v) is 1.78. The molecule has 0 saturated carbocycles. The molecule has 0 aromatic carbocycles. The number of nitrogens with zero attached hydrogens (tertiary/aromatic N) is 2. The molecule has 17 heavy (non-hydrogen) atoms. The van der Waals surface area contributed by atoms with Gasteiger partial charge in [0.05, 0.1) is 5.88 Å². The summed E-state index contributed by atoms with van der Waals surface area (Å²) in [5.74, 6) is 0.217. The van der Waals surface area contributed by atoms with E-state index in [1.165, 1.54) is 6.33 Å². The highest BCUT2D eigenvalue weighted by molar-refractivity contribution is 6.17. The Morgan fingerprint density at radius 2 is 2.35 bits per heavy atom. The lowest BCUT2D eigenvalue weighted by molar-refractivity contribution is -0.133. The van der Waals surface area contributed by atoms with Crippen LogP contribution in [0.3, 0.4) is 0 Å². The summed E-state index contributed by atoms with van der Waals surface area (Å²) in [5, 5.41) is 5.24. The lowest BCUT2D eigenvalue weighted by Gasteiger charge is -2.22. The number of imide groups is 1. The van der Waals surface area contributed by atoms with Crippen LogP contribution in [0.1, 0.15) is 18.4 Å². The molecule has 6 nitrogen and oxygen atoms in total. The number of piperidine rings is 1. The van der Waals surface area contributed by atoms with Crippen molar-refractivity contribution in [1.29, 1.82) is 0 Å². The lowest BCUT2D eigenvalue weighted by atomic mass is 10.1. The van der Waals surface area contributed by atoms with Crippen molar-refractivity contribution in [1.82, 2.24) is 15.3 Å². The van der Waals surface area contributed by atoms with E-state index >= 15 is 0 Å². The van der Waals surface area contributed by atoms with Gasteiger partial charge in [0.25, 0.3) is 0 Å². The number of hydrogen-bond acceptors (Lipinski definition) is 5. The first-order valence-electron chi connectivity index (χ1n) is 5.16. The lowest BCUT2D eigenvalue weighted by Crippen LogP contribution is -2.47. The second kappa shape index (κ2) is 5.09. The van der Waals surface area contributed by atoms with Gasteiger partial charge in [-0.15, -0.1) is 11.6 Å². The first kappa shape index (κ1) is 11.8. The van der Waals surface area contributed by atoms with E-state index in [1.807, 2.05) is 0 Å².